The van der Waals surface area contributed by atoms with Crippen LogP contribution in [0.5, 0.6) is 0 Å². The highest BCUT2D eigenvalue weighted by molar-refractivity contribution is 7.20. The van der Waals surface area contributed by atoms with Crippen molar-refractivity contribution in [3.8, 4) is 0 Å². The van der Waals surface area contributed by atoms with Crippen molar-refractivity contribution < 1.29 is 9.59 Å². The Morgan fingerprint density at radius 3 is 2.71 bits per heavy atom. The topological polar surface area (TPSA) is 96.8 Å². The number of amides is 1. The molecule has 0 atom stereocenters. The number of anilines is 1. The summed E-state index contributed by atoms with van der Waals surface area (Å²) in [5.74, 6) is -0.477. The molecule has 0 unspecified atom stereocenters. The molecular formula is C26H22N4O3S. The second-order valence-electron chi connectivity index (χ2n) is 8.36. The van der Waals surface area contributed by atoms with Crippen LogP contribution in [-0.4, -0.2) is 26.2 Å². The van der Waals surface area contributed by atoms with E-state index >= 15 is 0 Å². The fourth-order valence-corrected chi connectivity index (χ4v) is 5.20. The van der Waals surface area contributed by atoms with Gasteiger partial charge in [0.25, 0.3) is 11.5 Å². The van der Waals surface area contributed by atoms with E-state index in [-0.39, 0.29) is 23.8 Å². The number of rotatable bonds is 5. The van der Waals surface area contributed by atoms with Gasteiger partial charge in [0.15, 0.2) is 5.78 Å². The number of aryl methyl sites for hydroxylation is 3. The Kier molecular flexibility index (Phi) is 5.37. The lowest BCUT2D eigenvalue weighted by Crippen LogP contribution is -2.24. The Morgan fingerprint density at radius 1 is 1.12 bits per heavy atom. The number of carbonyl (C=O) groups is 2. The number of hydrogen-bond acceptors (Lipinski definition) is 5. The molecule has 3 aromatic heterocycles. The first-order chi connectivity index (χ1) is 16.3. The summed E-state index contributed by atoms with van der Waals surface area (Å²) >= 11 is 1.18. The van der Waals surface area contributed by atoms with Gasteiger partial charge in [0.05, 0.1) is 23.1 Å². The normalized spacial score (nSPS) is 11.3. The highest BCUT2D eigenvalue weighted by Crippen LogP contribution is 2.28. The molecule has 2 aromatic carbocycles. The van der Waals surface area contributed by atoms with E-state index in [4.69, 9.17) is 0 Å². The lowest BCUT2D eigenvalue weighted by Gasteiger charge is -2.08. The number of H-pyrrole nitrogens is 1. The molecule has 170 valence electrons. The first kappa shape index (κ1) is 21.8. The van der Waals surface area contributed by atoms with E-state index in [0.717, 1.165) is 27.7 Å². The molecule has 1 amide bonds. The van der Waals surface area contributed by atoms with Crippen LogP contribution in [0.3, 0.4) is 0 Å². The van der Waals surface area contributed by atoms with Crippen LogP contribution in [0.1, 0.15) is 36.7 Å². The number of nitrogens with one attached hydrogen (secondary N) is 2. The van der Waals surface area contributed by atoms with Gasteiger partial charge in [0.1, 0.15) is 4.83 Å². The second kappa shape index (κ2) is 8.39. The predicted molar refractivity (Wildman–Crippen MR) is 135 cm³/mol. The summed E-state index contributed by atoms with van der Waals surface area (Å²) in [4.78, 5) is 47.6. The third-order valence-corrected chi connectivity index (χ3v) is 7.16. The van der Waals surface area contributed by atoms with Crippen LogP contribution in [0, 0.1) is 20.8 Å². The molecule has 0 aliphatic heterocycles. The highest BCUT2D eigenvalue weighted by Gasteiger charge is 2.21. The van der Waals surface area contributed by atoms with Gasteiger partial charge in [-0.05, 0) is 44.0 Å². The van der Waals surface area contributed by atoms with Crippen LogP contribution in [0.4, 0.5) is 5.69 Å². The van der Waals surface area contributed by atoms with Crippen molar-refractivity contribution in [3.63, 3.8) is 0 Å². The number of aromatic amines is 1. The highest BCUT2D eigenvalue weighted by atomic mass is 32.1. The molecule has 0 aliphatic carbocycles. The fourth-order valence-electron chi connectivity index (χ4n) is 4.16. The first-order valence-electron chi connectivity index (χ1n) is 10.8. The predicted octanol–water partition coefficient (Wildman–Crippen LogP) is 5.00. The number of hydrogen-bond donors (Lipinski definition) is 2. The van der Waals surface area contributed by atoms with Crippen molar-refractivity contribution in [2.75, 3.05) is 5.32 Å². The van der Waals surface area contributed by atoms with E-state index in [9.17, 15) is 14.4 Å². The molecule has 34 heavy (non-hydrogen) atoms. The molecular weight excluding hydrogens is 448 g/mol. The van der Waals surface area contributed by atoms with Crippen LogP contribution < -0.4 is 10.9 Å². The maximum atomic E-state index is 13.2. The van der Waals surface area contributed by atoms with Gasteiger partial charge < -0.3 is 10.3 Å². The third-order valence-electron chi connectivity index (χ3n) is 5.96. The Labute approximate surface area is 199 Å². The largest absolute Gasteiger partial charge is 0.360 e. The van der Waals surface area contributed by atoms with Gasteiger partial charge in [-0.1, -0.05) is 35.9 Å². The van der Waals surface area contributed by atoms with Crippen LogP contribution in [-0.2, 0) is 6.54 Å². The Balaban J connectivity index is 1.46. The van der Waals surface area contributed by atoms with E-state index in [1.807, 2.05) is 56.3 Å². The summed E-state index contributed by atoms with van der Waals surface area (Å²) in [5, 5.41) is 4.11. The van der Waals surface area contributed by atoms with Gasteiger partial charge in [-0.25, -0.2) is 4.98 Å². The van der Waals surface area contributed by atoms with Gasteiger partial charge in [0.2, 0.25) is 0 Å². The molecule has 0 aliphatic rings. The van der Waals surface area contributed by atoms with Crippen molar-refractivity contribution in [1.29, 1.82) is 0 Å². The van der Waals surface area contributed by atoms with Gasteiger partial charge in [0, 0.05) is 28.4 Å². The zero-order valence-corrected chi connectivity index (χ0v) is 19.7. The lowest BCUT2D eigenvalue weighted by molar-refractivity contribution is 0.0971. The van der Waals surface area contributed by atoms with E-state index < -0.39 is 0 Å². The maximum absolute atomic E-state index is 13.2. The number of nitrogens with zero attached hydrogens (tertiary/aromatic N) is 2. The minimum Gasteiger partial charge on any atom is -0.360 e. The number of fused-ring (bicyclic) bond motifs is 2. The van der Waals surface area contributed by atoms with E-state index in [0.29, 0.717) is 26.2 Å². The van der Waals surface area contributed by atoms with E-state index in [1.54, 1.807) is 13.1 Å². The Morgan fingerprint density at radius 2 is 1.91 bits per heavy atom. The Bertz CT molecular complexity index is 1660. The van der Waals surface area contributed by atoms with Crippen molar-refractivity contribution in [2.24, 2.45) is 0 Å². The standard InChI is InChI=1S/C26H22N4O3S/c1-14-8-9-19(15(2)10-14)29-24(32)23-16(3)22-25(34-23)28-13-30(26(22)33)12-21(31)18-11-27-20-7-5-4-6-17(18)20/h4-11,13,27H,12H2,1-3H3,(H,29,32). The zero-order valence-electron chi connectivity index (χ0n) is 18.9. The van der Waals surface area contributed by atoms with Crippen molar-refractivity contribution in [2.45, 2.75) is 27.3 Å². The summed E-state index contributed by atoms with van der Waals surface area (Å²) in [5.41, 5.74) is 4.41. The van der Waals surface area contributed by atoms with Crippen molar-refractivity contribution in [1.82, 2.24) is 14.5 Å². The number of aromatic nitrogens is 3. The SMILES string of the molecule is Cc1ccc(NC(=O)c2sc3ncn(CC(=O)c4c[nH]c5ccccc45)c(=O)c3c2C)c(C)c1. The molecule has 0 saturated heterocycles. The number of benzene rings is 2. The summed E-state index contributed by atoms with van der Waals surface area (Å²) in [7, 11) is 0. The number of carbonyl (C=O) groups excluding carboxylic acids is 2. The minimum absolute atomic E-state index is 0.136. The smallest absolute Gasteiger partial charge is 0.266 e. The van der Waals surface area contributed by atoms with Crippen molar-refractivity contribution >= 4 is 49.8 Å². The summed E-state index contributed by atoms with van der Waals surface area (Å²) < 4.78 is 1.30. The molecule has 2 N–H and O–H groups in total. The second-order valence-corrected chi connectivity index (χ2v) is 9.36. The average molecular weight is 471 g/mol. The number of Topliss-reactive ketones (excluding diaryl/α,β-unsaturated/α-hetero) is 1. The number of para-hydroxylation sites is 1. The number of thiophene rings is 1. The summed E-state index contributed by atoms with van der Waals surface area (Å²) in [6.07, 6.45) is 3.04. The molecule has 0 saturated carbocycles. The number of ketones is 1. The van der Waals surface area contributed by atoms with Gasteiger partial charge >= 0.3 is 0 Å². The summed E-state index contributed by atoms with van der Waals surface area (Å²) in [6, 6.07) is 13.3. The molecule has 5 aromatic rings. The van der Waals surface area contributed by atoms with Gasteiger partial charge in [-0.3, -0.25) is 19.0 Å². The van der Waals surface area contributed by atoms with Gasteiger partial charge in [-0.2, -0.15) is 0 Å². The molecule has 5 rings (SSSR count). The molecule has 0 radical (unpaired) electrons. The molecule has 7 nitrogen and oxygen atoms in total. The Hall–Kier alpha value is -4.04. The van der Waals surface area contributed by atoms with Crippen LogP contribution in [0.25, 0.3) is 21.1 Å². The minimum atomic E-state index is -0.336. The van der Waals surface area contributed by atoms with Crippen molar-refractivity contribution in [3.05, 3.63) is 92.5 Å². The summed E-state index contributed by atoms with van der Waals surface area (Å²) in [6.45, 7) is 5.54. The van der Waals surface area contributed by atoms with E-state index in [2.05, 4.69) is 15.3 Å². The maximum Gasteiger partial charge on any atom is 0.266 e. The lowest BCUT2D eigenvalue weighted by atomic mass is 10.1. The average Bonchev–Trinajstić information content (AvgIpc) is 3.39. The molecule has 8 heteroatoms. The molecule has 0 fully saturated rings. The fraction of sp³-hybridized carbons (Fsp3) is 0.154. The first-order valence-corrected chi connectivity index (χ1v) is 11.6. The van der Waals surface area contributed by atoms with E-state index in [1.165, 1.54) is 22.2 Å². The van der Waals surface area contributed by atoms with Crippen LogP contribution in [0.2, 0.25) is 0 Å². The third kappa shape index (κ3) is 3.72. The van der Waals surface area contributed by atoms with Gasteiger partial charge in [-0.15, -0.1) is 11.3 Å². The molecule has 0 bridgehead atoms. The monoisotopic (exact) mass is 470 g/mol. The quantitative estimate of drug-likeness (QED) is 0.353. The molecule has 3 heterocycles. The zero-order chi connectivity index (χ0) is 24.0. The van der Waals surface area contributed by atoms with Crippen LogP contribution in [0.15, 0.2) is 59.8 Å². The van der Waals surface area contributed by atoms with Crippen LogP contribution >= 0.6 is 11.3 Å². The molecule has 0 spiro atoms.